The summed E-state index contributed by atoms with van der Waals surface area (Å²) in [5.74, 6) is 1.16. The van der Waals surface area contributed by atoms with E-state index in [1.807, 2.05) is 12.1 Å². The number of hydrogen-bond donors (Lipinski definition) is 1. The Labute approximate surface area is 103 Å². The first-order valence-electron chi connectivity index (χ1n) is 6.05. The Hall–Kier alpha value is -1.35. The molecule has 0 amide bonds. The number of carbonyl (C=O) groups is 1. The predicted molar refractivity (Wildman–Crippen MR) is 69.5 cm³/mol. The number of benzene rings is 1. The van der Waals surface area contributed by atoms with Crippen molar-refractivity contribution in [3.8, 4) is 5.75 Å². The third kappa shape index (κ3) is 6.07. The molecular weight excluding hydrogens is 214 g/mol. The van der Waals surface area contributed by atoms with Crippen LogP contribution < -0.4 is 10.1 Å². The van der Waals surface area contributed by atoms with E-state index in [2.05, 4.69) is 17.4 Å². The van der Waals surface area contributed by atoms with Gasteiger partial charge in [0.1, 0.15) is 11.5 Å². The summed E-state index contributed by atoms with van der Waals surface area (Å²) in [5.41, 5.74) is 1.30. The summed E-state index contributed by atoms with van der Waals surface area (Å²) in [6, 6.07) is 8.11. The molecule has 0 fully saturated rings. The maximum atomic E-state index is 10.7. The van der Waals surface area contributed by atoms with Crippen LogP contribution in [0.5, 0.6) is 5.75 Å². The van der Waals surface area contributed by atoms with Crippen molar-refractivity contribution in [2.24, 2.45) is 0 Å². The van der Waals surface area contributed by atoms with Gasteiger partial charge >= 0.3 is 0 Å². The van der Waals surface area contributed by atoms with Gasteiger partial charge in [-0.2, -0.15) is 0 Å². The van der Waals surface area contributed by atoms with Gasteiger partial charge in [0.05, 0.1) is 7.11 Å². The molecule has 1 aromatic carbocycles. The van der Waals surface area contributed by atoms with E-state index in [4.69, 9.17) is 4.74 Å². The minimum absolute atomic E-state index is 0.266. The van der Waals surface area contributed by atoms with E-state index in [-0.39, 0.29) is 5.78 Å². The SMILES string of the molecule is COc1ccc(CCNCCCC(C)=O)cc1. The molecule has 1 aromatic rings. The Balaban J connectivity index is 2.11. The maximum Gasteiger partial charge on any atom is 0.129 e. The van der Waals surface area contributed by atoms with E-state index in [1.54, 1.807) is 14.0 Å². The molecule has 0 atom stereocenters. The number of ether oxygens (including phenoxy) is 1. The predicted octanol–water partition coefficient (Wildman–Crippen LogP) is 2.20. The average Bonchev–Trinajstić information content (AvgIpc) is 2.34. The highest BCUT2D eigenvalue weighted by atomic mass is 16.5. The summed E-state index contributed by atoms with van der Waals surface area (Å²) in [6.07, 6.45) is 2.61. The molecule has 1 N–H and O–H groups in total. The van der Waals surface area contributed by atoms with Gasteiger partial charge in [0.15, 0.2) is 0 Å². The van der Waals surface area contributed by atoms with Crippen molar-refractivity contribution in [3.63, 3.8) is 0 Å². The van der Waals surface area contributed by atoms with Crippen LogP contribution in [0.4, 0.5) is 0 Å². The first-order valence-corrected chi connectivity index (χ1v) is 6.05. The zero-order chi connectivity index (χ0) is 12.5. The van der Waals surface area contributed by atoms with Gasteiger partial charge in [-0.25, -0.2) is 0 Å². The third-order valence-electron chi connectivity index (χ3n) is 2.63. The topological polar surface area (TPSA) is 38.3 Å². The van der Waals surface area contributed by atoms with Gasteiger partial charge in [0, 0.05) is 6.42 Å². The molecule has 0 bridgehead atoms. The molecule has 0 radical (unpaired) electrons. The largest absolute Gasteiger partial charge is 0.497 e. The molecule has 3 heteroatoms. The second-order valence-corrected chi connectivity index (χ2v) is 4.15. The molecule has 0 aliphatic rings. The first kappa shape index (κ1) is 13.7. The van der Waals surface area contributed by atoms with Gasteiger partial charge < -0.3 is 14.8 Å². The highest BCUT2D eigenvalue weighted by molar-refractivity contribution is 5.75. The number of carbonyl (C=O) groups excluding carboxylic acids is 1. The lowest BCUT2D eigenvalue weighted by Crippen LogP contribution is -2.19. The van der Waals surface area contributed by atoms with Crippen LogP contribution in [0.1, 0.15) is 25.3 Å². The summed E-state index contributed by atoms with van der Waals surface area (Å²) < 4.78 is 5.10. The standard InChI is InChI=1S/C14H21NO2/c1-12(16)4-3-10-15-11-9-13-5-7-14(17-2)8-6-13/h5-8,15H,3-4,9-11H2,1-2H3. The highest BCUT2D eigenvalue weighted by Gasteiger charge is 1.95. The Morgan fingerprint density at radius 2 is 1.94 bits per heavy atom. The summed E-state index contributed by atoms with van der Waals surface area (Å²) in [5, 5.41) is 3.33. The zero-order valence-electron chi connectivity index (χ0n) is 10.7. The van der Waals surface area contributed by atoms with E-state index in [0.29, 0.717) is 6.42 Å². The Morgan fingerprint density at radius 3 is 2.53 bits per heavy atom. The molecule has 94 valence electrons. The van der Waals surface area contributed by atoms with E-state index >= 15 is 0 Å². The van der Waals surface area contributed by atoms with Gasteiger partial charge in [-0.15, -0.1) is 0 Å². The van der Waals surface area contributed by atoms with Crippen molar-refractivity contribution in [2.75, 3.05) is 20.2 Å². The van der Waals surface area contributed by atoms with Gasteiger partial charge in [-0.05, 0) is 50.6 Å². The molecule has 17 heavy (non-hydrogen) atoms. The minimum atomic E-state index is 0.266. The van der Waals surface area contributed by atoms with Crippen LogP contribution in [0, 0.1) is 0 Å². The molecule has 0 saturated heterocycles. The number of nitrogens with one attached hydrogen (secondary N) is 1. The summed E-state index contributed by atoms with van der Waals surface area (Å²) in [4.78, 5) is 10.7. The average molecular weight is 235 g/mol. The molecular formula is C14H21NO2. The first-order chi connectivity index (χ1) is 8.22. The number of ketones is 1. The monoisotopic (exact) mass is 235 g/mol. The molecule has 1 rings (SSSR count). The van der Waals surface area contributed by atoms with Crippen LogP contribution in [0.3, 0.4) is 0 Å². The number of rotatable bonds is 8. The lowest BCUT2D eigenvalue weighted by molar-refractivity contribution is -0.117. The molecule has 0 aliphatic heterocycles. The van der Waals surface area contributed by atoms with Gasteiger partial charge in [0.25, 0.3) is 0 Å². The van der Waals surface area contributed by atoms with Crippen molar-refractivity contribution in [2.45, 2.75) is 26.2 Å². The fourth-order valence-electron chi connectivity index (χ4n) is 1.61. The smallest absolute Gasteiger partial charge is 0.129 e. The van der Waals surface area contributed by atoms with Crippen LogP contribution >= 0.6 is 0 Å². The van der Waals surface area contributed by atoms with Crippen LogP contribution in [-0.2, 0) is 11.2 Å². The quantitative estimate of drug-likeness (QED) is 0.702. The molecule has 0 spiro atoms. The summed E-state index contributed by atoms with van der Waals surface area (Å²) in [7, 11) is 1.67. The summed E-state index contributed by atoms with van der Waals surface area (Å²) in [6.45, 7) is 3.50. The van der Waals surface area contributed by atoms with E-state index in [9.17, 15) is 4.79 Å². The van der Waals surface area contributed by atoms with Crippen LogP contribution in [0.2, 0.25) is 0 Å². The summed E-state index contributed by atoms with van der Waals surface area (Å²) >= 11 is 0. The fraction of sp³-hybridized carbons (Fsp3) is 0.500. The molecule has 3 nitrogen and oxygen atoms in total. The fourth-order valence-corrected chi connectivity index (χ4v) is 1.61. The zero-order valence-corrected chi connectivity index (χ0v) is 10.7. The molecule has 0 heterocycles. The van der Waals surface area contributed by atoms with Crippen molar-refractivity contribution in [1.82, 2.24) is 5.32 Å². The van der Waals surface area contributed by atoms with Gasteiger partial charge in [-0.3, -0.25) is 0 Å². The molecule has 0 unspecified atom stereocenters. The van der Waals surface area contributed by atoms with Crippen LogP contribution in [0.25, 0.3) is 0 Å². The minimum Gasteiger partial charge on any atom is -0.497 e. The van der Waals surface area contributed by atoms with Crippen LogP contribution in [0.15, 0.2) is 24.3 Å². The van der Waals surface area contributed by atoms with Gasteiger partial charge in [0.2, 0.25) is 0 Å². The van der Waals surface area contributed by atoms with Crippen molar-refractivity contribution in [1.29, 1.82) is 0 Å². The van der Waals surface area contributed by atoms with Crippen molar-refractivity contribution >= 4 is 5.78 Å². The Kier molecular flexibility index (Phi) is 6.33. The highest BCUT2D eigenvalue weighted by Crippen LogP contribution is 2.11. The molecule has 0 aromatic heterocycles. The van der Waals surface area contributed by atoms with E-state index in [0.717, 1.165) is 31.7 Å². The second kappa shape index (κ2) is 7.85. The second-order valence-electron chi connectivity index (χ2n) is 4.15. The lowest BCUT2D eigenvalue weighted by Gasteiger charge is -2.05. The number of Topliss-reactive ketones (excluding diaryl/α,β-unsaturated/α-hetero) is 1. The van der Waals surface area contributed by atoms with Crippen LogP contribution in [-0.4, -0.2) is 26.0 Å². The Morgan fingerprint density at radius 1 is 1.24 bits per heavy atom. The lowest BCUT2D eigenvalue weighted by atomic mass is 10.1. The normalized spacial score (nSPS) is 10.2. The number of hydrogen-bond acceptors (Lipinski definition) is 3. The third-order valence-corrected chi connectivity index (χ3v) is 2.63. The van der Waals surface area contributed by atoms with E-state index in [1.165, 1.54) is 5.56 Å². The van der Waals surface area contributed by atoms with E-state index < -0.39 is 0 Å². The van der Waals surface area contributed by atoms with Crippen molar-refractivity contribution < 1.29 is 9.53 Å². The molecule has 0 saturated carbocycles. The maximum absolute atomic E-state index is 10.7. The van der Waals surface area contributed by atoms with Crippen molar-refractivity contribution in [3.05, 3.63) is 29.8 Å². The van der Waals surface area contributed by atoms with Gasteiger partial charge in [-0.1, -0.05) is 12.1 Å². The molecule has 0 aliphatic carbocycles. The number of methoxy groups -OCH3 is 1. The Bertz CT molecular complexity index is 333.